The second-order valence-electron chi connectivity index (χ2n) is 3.29. The van der Waals surface area contributed by atoms with Crippen molar-refractivity contribution in [2.75, 3.05) is 6.54 Å². The number of rotatable bonds is 2. The second-order valence-corrected chi connectivity index (χ2v) is 7.46. The molecule has 0 bridgehead atoms. The van der Waals surface area contributed by atoms with Crippen molar-refractivity contribution in [3.8, 4) is 0 Å². The first-order valence-corrected chi connectivity index (χ1v) is 6.26. The molecule has 1 N–H and O–H groups in total. The Morgan fingerprint density at radius 3 is 2.00 bits per heavy atom. The maximum absolute atomic E-state index is 6.08. The average molecular weight is 166 g/mol. The third-order valence-corrected chi connectivity index (χ3v) is 5.86. The Hall–Kier alpha value is 0.467. The van der Waals surface area contributed by atoms with E-state index in [1.165, 1.54) is 0 Å². The zero-order valence-electron chi connectivity index (χ0n) is 6.66. The summed E-state index contributed by atoms with van der Waals surface area (Å²) in [5.74, 6) is 0. The van der Waals surface area contributed by atoms with Crippen molar-refractivity contribution in [1.82, 2.24) is 4.98 Å². The molecule has 0 spiro atoms. The molecular formula is C6H16ClNSi. The zero-order valence-corrected chi connectivity index (χ0v) is 8.57. The van der Waals surface area contributed by atoms with Crippen molar-refractivity contribution in [1.29, 1.82) is 0 Å². The van der Waals surface area contributed by atoms with Crippen molar-refractivity contribution in [3.63, 3.8) is 0 Å². The first-order chi connectivity index (χ1) is 3.98. The summed E-state index contributed by atoms with van der Waals surface area (Å²) in [7, 11) is -1.17. The molecule has 0 saturated heterocycles. The van der Waals surface area contributed by atoms with Gasteiger partial charge in [-0.05, 0) is 11.6 Å². The van der Waals surface area contributed by atoms with Gasteiger partial charge in [0.25, 0.3) is 0 Å². The molecule has 1 atom stereocenters. The number of nitrogens with one attached hydrogen (secondary N) is 1. The molecule has 0 saturated carbocycles. The van der Waals surface area contributed by atoms with Gasteiger partial charge in [-0.2, -0.15) is 0 Å². The van der Waals surface area contributed by atoms with Crippen molar-refractivity contribution in [2.24, 2.45) is 0 Å². The summed E-state index contributed by atoms with van der Waals surface area (Å²) in [5.41, 5.74) is 0. The van der Waals surface area contributed by atoms with Gasteiger partial charge in [0.1, 0.15) is 0 Å². The Morgan fingerprint density at radius 1 is 1.44 bits per heavy atom. The molecule has 0 aromatic rings. The lowest BCUT2D eigenvalue weighted by Gasteiger charge is -2.23. The van der Waals surface area contributed by atoms with E-state index in [1.54, 1.807) is 0 Å². The highest BCUT2D eigenvalue weighted by Crippen LogP contribution is 2.26. The van der Waals surface area contributed by atoms with E-state index in [-0.39, 0.29) is 0 Å². The normalized spacial score (nSPS) is 15.7. The zero-order chi connectivity index (χ0) is 7.49. The molecule has 3 heteroatoms. The fourth-order valence-electron chi connectivity index (χ4n) is 0.485. The first kappa shape index (κ1) is 9.47. The van der Waals surface area contributed by atoms with Crippen LogP contribution in [0.5, 0.6) is 0 Å². The fourth-order valence-corrected chi connectivity index (χ4v) is 1.92. The summed E-state index contributed by atoms with van der Waals surface area (Å²) in [6.07, 6.45) is 0. The SMILES string of the molecule is CCN[SiH](Cl)C(C)(C)C. The van der Waals surface area contributed by atoms with Gasteiger partial charge in [-0.1, -0.05) is 27.7 Å². The minimum Gasteiger partial charge on any atom is -0.328 e. The van der Waals surface area contributed by atoms with E-state index in [4.69, 9.17) is 11.1 Å². The van der Waals surface area contributed by atoms with Gasteiger partial charge >= 0.3 is 0 Å². The van der Waals surface area contributed by atoms with Gasteiger partial charge in [-0.3, -0.25) is 0 Å². The smallest absolute Gasteiger partial charge is 0.216 e. The van der Waals surface area contributed by atoms with E-state index in [0.717, 1.165) is 6.54 Å². The van der Waals surface area contributed by atoms with Crippen LogP contribution in [-0.2, 0) is 0 Å². The predicted octanol–water partition coefficient (Wildman–Crippen LogP) is 1.86. The van der Waals surface area contributed by atoms with E-state index in [2.05, 4.69) is 32.7 Å². The molecule has 0 fully saturated rings. The van der Waals surface area contributed by atoms with Crippen LogP contribution in [0, 0.1) is 0 Å². The predicted molar refractivity (Wildman–Crippen MR) is 46.4 cm³/mol. The monoisotopic (exact) mass is 165 g/mol. The minimum absolute atomic E-state index is 0.303. The molecule has 0 aromatic heterocycles. The van der Waals surface area contributed by atoms with Crippen LogP contribution in [0.4, 0.5) is 0 Å². The molecule has 0 aliphatic carbocycles. The second kappa shape index (κ2) is 3.59. The van der Waals surface area contributed by atoms with Crippen LogP contribution >= 0.6 is 11.1 Å². The van der Waals surface area contributed by atoms with Crippen LogP contribution in [-0.4, -0.2) is 14.8 Å². The van der Waals surface area contributed by atoms with Crippen LogP contribution in [0.3, 0.4) is 0 Å². The summed E-state index contributed by atoms with van der Waals surface area (Å²) in [6.45, 7) is 9.63. The quantitative estimate of drug-likeness (QED) is 0.487. The van der Waals surface area contributed by atoms with Crippen molar-refractivity contribution in [3.05, 3.63) is 0 Å². The molecule has 56 valence electrons. The van der Waals surface area contributed by atoms with Gasteiger partial charge in [0.2, 0.25) is 8.27 Å². The van der Waals surface area contributed by atoms with Gasteiger partial charge in [0.05, 0.1) is 0 Å². The Bertz CT molecular complexity index is 79.6. The third-order valence-electron chi connectivity index (χ3n) is 1.14. The molecule has 0 heterocycles. The fraction of sp³-hybridized carbons (Fsp3) is 1.00. The van der Waals surface area contributed by atoms with Gasteiger partial charge < -0.3 is 4.98 Å². The molecule has 1 unspecified atom stereocenters. The van der Waals surface area contributed by atoms with E-state index in [0.29, 0.717) is 5.04 Å². The van der Waals surface area contributed by atoms with E-state index in [9.17, 15) is 0 Å². The molecule has 0 radical (unpaired) electrons. The van der Waals surface area contributed by atoms with Crippen LogP contribution in [0.1, 0.15) is 27.7 Å². The summed E-state index contributed by atoms with van der Waals surface area (Å²) >= 11 is 6.08. The molecule has 0 amide bonds. The maximum atomic E-state index is 6.08. The third kappa shape index (κ3) is 3.95. The topological polar surface area (TPSA) is 12.0 Å². The Morgan fingerprint density at radius 2 is 1.89 bits per heavy atom. The Kier molecular flexibility index (Phi) is 3.78. The first-order valence-electron chi connectivity index (χ1n) is 3.36. The van der Waals surface area contributed by atoms with Gasteiger partial charge in [-0.15, -0.1) is 11.1 Å². The average Bonchev–Trinajstić information content (AvgIpc) is 1.64. The van der Waals surface area contributed by atoms with Crippen molar-refractivity contribution >= 4 is 19.3 Å². The van der Waals surface area contributed by atoms with Crippen molar-refractivity contribution in [2.45, 2.75) is 32.7 Å². The highest BCUT2D eigenvalue weighted by Gasteiger charge is 2.22. The number of hydrogen-bond donors (Lipinski definition) is 1. The van der Waals surface area contributed by atoms with Crippen LogP contribution in [0.2, 0.25) is 5.04 Å². The molecule has 0 aliphatic heterocycles. The summed E-state index contributed by atoms with van der Waals surface area (Å²) in [6, 6.07) is 0. The van der Waals surface area contributed by atoms with E-state index >= 15 is 0 Å². The highest BCUT2D eigenvalue weighted by molar-refractivity contribution is 7.07. The molecule has 0 rings (SSSR count). The molecule has 9 heavy (non-hydrogen) atoms. The van der Waals surface area contributed by atoms with Crippen molar-refractivity contribution < 1.29 is 0 Å². The molecule has 0 aliphatic rings. The lowest BCUT2D eigenvalue weighted by molar-refractivity contribution is 0.725. The molecular weight excluding hydrogens is 150 g/mol. The molecule has 1 nitrogen and oxygen atoms in total. The number of hydrogen-bond acceptors (Lipinski definition) is 1. The number of halogens is 1. The molecule has 0 aromatic carbocycles. The Labute approximate surface area is 64.2 Å². The van der Waals surface area contributed by atoms with Crippen LogP contribution < -0.4 is 4.98 Å². The van der Waals surface area contributed by atoms with Gasteiger partial charge in [-0.25, -0.2) is 0 Å². The highest BCUT2D eigenvalue weighted by atomic mass is 35.6. The lowest BCUT2D eigenvalue weighted by Crippen LogP contribution is -2.36. The standard InChI is InChI=1S/C6H16ClNSi/c1-5-8-9(7)6(2,3)4/h8-9H,5H2,1-4H3. The van der Waals surface area contributed by atoms with E-state index < -0.39 is 8.27 Å². The largest absolute Gasteiger partial charge is 0.328 e. The van der Waals surface area contributed by atoms with Gasteiger partial charge in [0.15, 0.2) is 0 Å². The van der Waals surface area contributed by atoms with Gasteiger partial charge in [0, 0.05) is 0 Å². The Balaban J connectivity index is 3.59. The summed E-state index contributed by atoms with van der Waals surface area (Å²) in [5, 5.41) is 0.303. The summed E-state index contributed by atoms with van der Waals surface area (Å²) < 4.78 is 0. The van der Waals surface area contributed by atoms with Crippen LogP contribution in [0.15, 0.2) is 0 Å². The van der Waals surface area contributed by atoms with Crippen LogP contribution in [0.25, 0.3) is 0 Å². The summed E-state index contributed by atoms with van der Waals surface area (Å²) in [4.78, 5) is 3.29. The minimum atomic E-state index is -1.17. The van der Waals surface area contributed by atoms with E-state index in [1.807, 2.05) is 0 Å². The lowest BCUT2D eigenvalue weighted by atomic mass is 10.3. The maximum Gasteiger partial charge on any atom is 0.216 e.